The Morgan fingerprint density at radius 1 is 1.37 bits per heavy atom. The molecule has 1 aliphatic rings. The van der Waals surface area contributed by atoms with Crippen molar-refractivity contribution in [2.75, 3.05) is 7.11 Å². The number of hydrogen-bond donors (Lipinski definition) is 0. The molecule has 0 N–H and O–H groups in total. The lowest BCUT2D eigenvalue weighted by atomic mass is 9.73. The average molecular weight is 325 g/mol. The molecule has 1 aliphatic carbocycles. The van der Waals surface area contributed by atoms with Crippen molar-refractivity contribution in [3.05, 3.63) is 35.9 Å². The quantitative estimate of drug-likeness (QED) is 0.612. The van der Waals surface area contributed by atoms with Gasteiger partial charge in [-0.05, 0) is 12.8 Å². The third-order valence-electron chi connectivity index (χ3n) is 4.37. The number of halogens is 1. The van der Waals surface area contributed by atoms with Gasteiger partial charge in [-0.25, -0.2) is 0 Å². The number of benzene rings is 1. The number of ketones is 1. The van der Waals surface area contributed by atoms with Crippen molar-refractivity contribution in [1.29, 1.82) is 0 Å². The van der Waals surface area contributed by atoms with E-state index in [0.717, 1.165) is 24.8 Å². The molecule has 0 amide bonds. The lowest BCUT2D eigenvalue weighted by molar-refractivity contribution is -0.0619. The first-order chi connectivity index (χ1) is 9.12. The average Bonchev–Trinajstić information content (AvgIpc) is 2.47. The van der Waals surface area contributed by atoms with Crippen LogP contribution in [-0.2, 0) is 4.74 Å². The maximum Gasteiger partial charge on any atom is 0.168 e. The number of hydrogen-bond acceptors (Lipinski definition) is 2. The Bertz CT molecular complexity index is 432. The van der Waals surface area contributed by atoms with Crippen LogP contribution in [0.5, 0.6) is 0 Å². The normalized spacial score (nSPS) is 28.9. The van der Waals surface area contributed by atoms with Crippen molar-refractivity contribution in [2.24, 2.45) is 5.92 Å². The fourth-order valence-corrected chi connectivity index (χ4v) is 4.23. The summed E-state index contributed by atoms with van der Waals surface area (Å²) in [4.78, 5) is 12.9. The number of rotatable bonds is 4. The molecule has 3 unspecified atom stereocenters. The molecular weight excluding hydrogens is 304 g/mol. The van der Waals surface area contributed by atoms with Crippen molar-refractivity contribution >= 4 is 21.7 Å². The Balaban J connectivity index is 2.25. The minimum atomic E-state index is -0.370. The highest BCUT2D eigenvalue weighted by Crippen LogP contribution is 2.42. The van der Waals surface area contributed by atoms with E-state index in [1.807, 2.05) is 37.3 Å². The van der Waals surface area contributed by atoms with E-state index < -0.39 is 0 Å². The summed E-state index contributed by atoms with van der Waals surface area (Å²) >= 11 is 3.74. The zero-order chi connectivity index (χ0) is 13.9. The number of ether oxygens (including phenoxy) is 1. The fraction of sp³-hybridized carbons (Fsp3) is 0.562. The Kier molecular flexibility index (Phi) is 4.80. The van der Waals surface area contributed by atoms with Crippen molar-refractivity contribution in [2.45, 2.75) is 43.0 Å². The van der Waals surface area contributed by atoms with Gasteiger partial charge in [-0.3, -0.25) is 4.79 Å². The second-order valence-electron chi connectivity index (χ2n) is 5.32. The van der Waals surface area contributed by atoms with Gasteiger partial charge in [0.15, 0.2) is 5.78 Å². The molecule has 3 heteroatoms. The van der Waals surface area contributed by atoms with Gasteiger partial charge in [-0.15, -0.1) is 0 Å². The van der Waals surface area contributed by atoms with Crippen LogP contribution in [0.3, 0.4) is 0 Å². The van der Waals surface area contributed by atoms with Crippen LogP contribution in [0, 0.1) is 5.92 Å². The molecule has 1 aromatic carbocycles. The summed E-state index contributed by atoms with van der Waals surface area (Å²) < 4.78 is 5.83. The number of carbonyl (C=O) groups excluding carboxylic acids is 1. The highest BCUT2D eigenvalue weighted by Gasteiger charge is 2.47. The predicted octanol–water partition coefficient (Wildman–Crippen LogP) is 4.23. The summed E-state index contributed by atoms with van der Waals surface area (Å²) in [7, 11) is 1.73. The molecule has 0 saturated heterocycles. The minimum Gasteiger partial charge on any atom is -0.376 e. The lowest BCUT2D eigenvalue weighted by Crippen LogP contribution is -2.51. The largest absolute Gasteiger partial charge is 0.376 e. The third kappa shape index (κ3) is 2.77. The molecule has 104 valence electrons. The fourth-order valence-electron chi connectivity index (χ4n) is 3.09. The highest BCUT2D eigenvalue weighted by molar-refractivity contribution is 9.09. The van der Waals surface area contributed by atoms with Crippen LogP contribution in [-0.4, -0.2) is 23.3 Å². The van der Waals surface area contributed by atoms with E-state index in [0.29, 0.717) is 0 Å². The van der Waals surface area contributed by atoms with Gasteiger partial charge in [0.05, 0.1) is 5.60 Å². The summed E-state index contributed by atoms with van der Waals surface area (Å²) in [5.41, 5.74) is 0.405. The van der Waals surface area contributed by atoms with Crippen molar-refractivity contribution < 1.29 is 9.53 Å². The monoisotopic (exact) mass is 324 g/mol. The molecule has 19 heavy (non-hydrogen) atoms. The van der Waals surface area contributed by atoms with Gasteiger partial charge in [0.25, 0.3) is 0 Å². The van der Waals surface area contributed by atoms with E-state index in [2.05, 4.69) is 15.9 Å². The zero-order valence-electron chi connectivity index (χ0n) is 11.6. The maximum absolute atomic E-state index is 12.7. The smallest absolute Gasteiger partial charge is 0.168 e. The van der Waals surface area contributed by atoms with Crippen LogP contribution in [0.1, 0.15) is 43.0 Å². The van der Waals surface area contributed by atoms with Crippen LogP contribution in [0.15, 0.2) is 30.3 Å². The predicted molar refractivity (Wildman–Crippen MR) is 80.9 cm³/mol. The first kappa shape index (κ1) is 14.7. The second kappa shape index (κ2) is 6.19. The Morgan fingerprint density at radius 2 is 2.05 bits per heavy atom. The van der Waals surface area contributed by atoms with E-state index in [9.17, 15) is 4.79 Å². The number of methoxy groups -OCH3 is 1. The van der Waals surface area contributed by atoms with Crippen LogP contribution in [0.4, 0.5) is 0 Å². The van der Waals surface area contributed by atoms with Gasteiger partial charge in [0, 0.05) is 23.4 Å². The van der Waals surface area contributed by atoms with Crippen molar-refractivity contribution in [1.82, 2.24) is 0 Å². The second-order valence-corrected chi connectivity index (χ2v) is 6.43. The molecule has 1 saturated carbocycles. The molecule has 0 radical (unpaired) electrons. The standard InChI is InChI=1S/C16H21BrO2/c1-12(15(18)13-8-4-3-5-9-13)16(19-2)11-7-6-10-14(16)17/h3-5,8-9,12,14H,6-7,10-11H2,1-2H3. The van der Waals surface area contributed by atoms with E-state index >= 15 is 0 Å². The minimum absolute atomic E-state index is 0.135. The summed E-state index contributed by atoms with van der Waals surface area (Å²) in [5, 5.41) is 0. The van der Waals surface area contributed by atoms with Crippen molar-refractivity contribution in [3.63, 3.8) is 0 Å². The van der Waals surface area contributed by atoms with Crippen LogP contribution < -0.4 is 0 Å². The van der Waals surface area contributed by atoms with E-state index in [1.165, 1.54) is 6.42 Å². The molecule has 0 bridgehead atoms. The summed E-state index contributed by atoms with van der Waals surface area (Å²) in [5.74, 6) is 0.0402. The van der Waals surface area contributed by atoms with Crippen LogP contribution in [0.2, 0.25) is 0 Å². The highest BCUT2D eigenvalue weighted by atomic mass is 79.9. The van der Waals surface area contributed by atoms with Crippen LogP contribution >= 0.6 is 15.9 Å². The number of alkyl halides is 1. The SMILES string of the molecule is COC1(C(C)C(=O)c2ccccc2)CCCCC1Br. The Hall–Kier alpha value is -0.670. The maximum atomic E-state index is 12.7. The first-order valence-electron chi connectivity index (χ1n) is 6.90. The number of Topliss-reactive ketones (excluding diaryl/α,β-unsaturated/α-hetero) is 1. The molecule has 2 rings (SSSR count). The van der Waals surface area contributed by atoms with E-state index in [-0.39, 0.29) is 22.1 Å². The molecule has 0 aromatic heterocycles. The van der Waals surface area contributed by atoms with Crippen molar-refractivity contribution in [3.8, 4) is 0 Å². The number of carbonyl (C=O) groups is 1. The molecule has 0 aliphatic heterocycles. The van der Waals surface area contributed by atoms with E-state index in [1.54, 1.807) is 7.11 Å². The van der Waals surface area contributed by atoms with Gasteiger partial charge in [-0.2, -0.15) is 0 Å². The Morgan fingerprint density at radius 3 is 2.63 bits per heavy atom. The first-order valence-corrected chi connectivity index (χ1v) is 7.82. The molecule has 3 atom stereocenters. The van der Waals surface area contributed by atoms with Gasteiger partial charge in [0.1, 0.15) is 0 Å². The van der Waals surface area contributed by atoms with E-state index in [4.69, 9.17) is 4.74 Å². The molecule has 1 aromatic rings. The zero-order valence-corrected chi connectivity index (χ0v) is 13.2. The molecule has 0 spiro atoms. The molecular formula is C16H21BrO2. The summed E-state index contributed by atoms with van der Waals surface area (Å²) in [6, 6.07) is 9.52. The van der Waals surface area contributed by atoms with Gasteiger partial charge in [0.2, 0.25) is 0 Å². The van der Waals surface area contributed by atoms with Gasteiger partial charge < -0.3 is 4.74 Å². The third-order valence-corrected chi connectivity index (χ3v) is 5.60. The van der Waals surface area contributed by atoms with Gasteiger partial charge in [-0.1, -0.05) is 66.0 Å². The van der Waals surface area contributed by atoms with Crippen LogP contribution in [0.25, 0.3) is 0 Å². The summed E-state index contributed by atoms with van der Waals surface area (Å²) in [6.45, 7) is 2.00. The molecule has 0 heterocycles. The molecule has 2 nitrogen and oxygen atoms in total. The lowest BCUT2D eigenvalue weighted by Gasteiger charge is -2.44. The van der Waals surface area contributed by atoms with Gasteiger partial charge >= 0.3 is 0 Å². The topological polar surface area (TPSA) is 26.3 Å². The molecule has 1 fully saturated rings. The Labute approximate surface area is 123 Å². The summed E-state index contributed by atoms with van der Waals surface area (Å²) in [6.07, 6.45) is 4.34.